The number of aliphatic hydroxyl groups is 2. The molecule has 5 heteroatoms. The Morgan fingerprint density at radius 1 is 1.27 bits per heavy atom. The third kappa shape index (κ3) is 4.95. The van der Waals surface area contributed by atoms with E-state index in [0.29, 0.717) is 13.2 Å². The molecule has 0 bridgehead atoms. The normalized spacial score (nSPS) is 19.2. The van der Waals surface area contributed by atoms with Gasteiger partial charge in [0.2, 0.25) is 0 Å². The molecule has 0 spiro atoms. The van der Waals surface area contributed by atoms with Gasteiger partial charge in [0.1, 0.15) is 0 Å². The molecule has 5 nitrogen and oxygen atoms in total. The lowest BCUT2D eigenvalue weighted by atomic mass is 10.0. The van der Waals surface area contributed by atoms with Crippen LogP contribution < -0.4 is 10.2 Å². The van der Waals surface area contributed by atoms with Crippen LogP contribution in [0.25, 0.3) is 0 Å². The van der Waals surface area contributed by atoms with Gasteiger partial charge in [0, 0.05) is 38.5 Å². The quantitative estimate of drug-likeness (QED) is 0.709. The fraction of sp³-hybridized carbons (Fsp3) is 0.647. The molecule has 1 fully saturated rings. The molecule has 0 saturated carbocycles. The highest BCUT2D eigenvalue weighted by molar-refractivity contribution is 5.48. The van der Waals surface area contributed by atoms with Crippen molar-refractivity contribution in [2.75, 3.05) is 38.3 Å². The van der Waals surface area contributed by atoms with E-state index in [-0.39, 0.29) is 12.1 Å². The first kappa shape index (κ1) is 17.2. The van der Waals surface area contributed by atoms with E-state index in [0.717, 1.165) is 25.9 Å². The minimum Gasteiger partial charge on any atom is -0.393 e. The van der Waals surface area contributed by atoms with Gasteiger partial charge in [0.05, 0.1) is 18.8 Å². The van der Waals surface area contributed by atoms with Crippen molar-refractivity contribution in [3.63, 3.8) is 0 Å². The first-order chi connectivity index (χ1) is 10.6. The number of hydrogen-bond donors (Lipinski definition) is 3. The lowest BCUT2D eigenvalue weighted by molar-refractivity contribution is 0.0630. The molecule has 0 aromatic heterocycles. The Labute approximate surface area is 132 Å². The van der Waals surface area contributed by atoms with Crippen LogP contribution in [0.3, 0.4) is 0 Å². The summed E-state index contributed by atoms with van der Waals surface area (Å²) in [7, 11) is 1.59. The molecule has 0 radical (unpaired) electrons. The van der Waals surface area contributed by atoms with Crippen LogP contribution in [0.2, 0.25) is 0 Å². The Bertz CT molecular complexity index is 430. The number of hydrogen-bond acceptors (Lipinski definition) is 5. The summed E-state index contributed by atoms with van der Waals surface area (Å²) >= 11 is 0. The fourth-order valence-electron chi connectivity index (χ4n) is 2.78. The fourth-order valence-corrected chi connectivity index (χ4v) is 2.78. The van der Waals surface area contributed by atoms with Crippen LogP contribution in [0, 0.1) is 0 Å². The van der Waals surface area contributed by atoms with Gasteiger partial charge in [-0.1, -0.05) is 12.1 Å². The van der Waals surface area contributed by atoms with E-state index >= 15 is 0 Å². The van der Waals surface area contributed by atoms with Crippen molar-refractivity contribution >= 4 is 5.69 Å². The number of anilines is 1. The Hall–Kier alpha value is -1.14. The van der Waals surface area contributed by atoms with Gasteiger partial charge in [-0.25, -0.2) is 0 Å². The van der Waals surface area contributed by atoms with Crippen LogP contribution >= 0.6 is 0 Å². The molecule has 2 unspecified atom stereocenters. The van der Waals surface area contributed by atoms with Crippen LogP contribution in [0.5, 0.6) is 0 Å². The van der Waals surface area contributed by atoms with Gasteiger partial charge < -0.3 is 25.2 Å². The van der Waals surface area contributed by atoms with Crippen LogP contribution in [0.1, 0.15) is 31.4 Å². The monoisotopic (exact) mass is 308 g/mol. The van der Waals surface area contributed by atoms with Gasteiger partial charge in [0.25, 0.3) is 0 Å². The average molecular weight is 308 g/mol. The zero-order valence-electron chi connectivity index (χ0n) is 13.5. The lowest BCUT2D eigenvalue weighted by Gasteiger charge is -2.31. The summed E-state index contributed by atoms with van der Waals surface area (Å²) in [5, 5.41) is 22.5. The van der Waals surface area contributed by atoms with Crippen LogP contribution in [-0.4, -0.2) is 55.8 Å². The summed E-state index contributed by atoms with van der Waals surface area (Å²) in [4.78, 5) is 2.32. The van der Waals surface area contributed by atoms with Crippen molar-refractivity contribution < 1.29 is 14.9 Å². The second-order valence-corrected chi connectivity index (χ2v) is 6.05. The minimum atomic E-state index is -0.480. The second-order valence-electron chi connectivity index (χ2n) is 6.05. The number of methoxy groups -OCH3 is 1. The molecule has 1 heterocycles. The summed E-state index contributed by atoms with van der Waals surface area (Å²) in [6, 6.07) is 8.71. The van der Waals surface area contributed by atoms with Crippen LogP contribution in [0.4, 0.5) is 5.69 Å². The Morgan fingerprint density at radius 3 is 2.50 bits per heavy atom. The summed E-state index contributed by atoms with van der Waals surface area (Å²) in [5.74, 6) is 0. The summed E-state index contributed by atoms with van der Waals surface area (Å²) < 4.78 is 4.92. The van der Waals surface area contributed by atoms with Gasteiger partial charge in [-0.3, -0.25) is 0 Å². The summed E-state index contributed by atoms with van der Waals surface area (Å²) in [6.07, 6.45) is 1.07. The molecule has 1 aromatic carbocycles. The zero-order chi connectivity index (χ0) is 15.9. The van der Waals surface area contributed by atoms with E-state index in [1.165, 1.54) is 11.3 Å². The first-order valence-electron chi connectivity index (χ1n) is 8.03. The average Bonchev–Trinajstić information content (AvgIpc) is 2.54. The van der Waals surface area contributed by atoms with Crippen molar-refractivity contribution in [3.05, 3.63) is 29.8 Å². The van der Waals surface area contributed by atoms with Crippen molar-refractivity contribution in [1.82, 2.24) is 5.32 Å². The maximum atomic E-state index is 9.67. The maximum Gasteiger partial charge on any atom is 0.0897 e. The number of piperidine rings is 1. The van der Waals surface area contributed by atoms with E-state index in [4.69, 9.17) is 4.74 Å². The van der Waals surface area contributed by atoms with E-state index in [1.807, 2.05) is 0 Å². The molecular formula is C17H28N2O3. The van der Waals surface area contributed by atoms with Crippen molar-refractivity contribution in [2.24, 2.45) is 0 Å². The molecule has 2 atom stereocenters. The topological polar surface area (TPSA) is 65.0 Å². The van der Waals surface area contributed by atoms with Crippen molar-refractivity contribution in [3.8, 4) is 0 Å². The van der Waals surface area contributed by atoms with Crippen LogP contribution in [-0.2, 0) is 4.74 Å². The molecular weight excluding hydrogens is 280 g/mol. The summed E-state index contributed by atoms with van der Waals surface area (Å²) in [5.41, 5.74) is 2.41. The molecule has 1 aromatic rings. The van der Waals surface area contributed by atoms with Gasteiger partial charge in [-0.15, -0.1) is 0 Å². The SMILES string of the molecule is COCC(O)CNC(C)c1ccc(N2CCC(O)CC2)cc1. The minimum absolute atomic E-state index is 0.140. The van der Waals surface area contributed by atoms with Gasteiger partial charge >= 0.3 is 0 Å². The van der Waals surface area contributed by atoms with Gasteiger partial charge in [-0.2, -0.15) is 0 Å². The molecule has 1 aliphatic heterocycles. The maximum absolute atomic E-state index is 9.67. The third-order valence-corrected chi connectivity index (χ3v) is 4.24. The van der Waals surface area contributed by atoms with E-state index in [9.17, 15) is 10.2 Å². The smallest absolute Gasteiger partial charge is 0.0897 e. The molecule has 124 valence electrons. The zero-order valence-corrected chi connectivity index (χ0v) is 13.5. The number of nitrogens with one attached hydrogen (secondary N) is 1. The van der Waals surface area contributed by atoms with Crippen molar-refractivity contribution in [2.45, 2.75) is 38.0 Å². The largest absolute Gasteiger partial charge is 0.393 e. The van der Waals surface area contributed by atoms with E-state index in [2.05, 4.69) is 41.4 Å². The number of ether oxygens (including phenoxy) is 1. The Balaban J connectivity index is 1.85. The van der Waals surface area contributed by atoms with E-state index < -0.39 is 6.10 Å². The molecule has 0 amide bonds. The number of aliphatic hydroxyl groups excluding tert-OH is 2. The highest BCUT2D eigenvalue weighted by Crippen LogP contribution is 2.22. The number of nitrogens with zero attached hydrogens (tertiary/aromatic N) is 1. The Kier molecular flexibility index (Phi) is 6.64. The molecule has 22 heavy (non-hydrogen) atoms. The number of benzene rings is 1. The molecule has 2 rings (SSSR count). The molecule has 0 aliphatic carbocycles. The molecule has 3 N–H and O–H groups in total. The van der Waals surface area contributed by atoms with Gasteiger partial charge in [0.15, 0.2) is 0 Å². The molecule has 1 aliphatic rings. The summed E-state index contributed by atoms with van der Waals surface area (Å²) in [6.45, 7) is 4.78. The molecule has 1 saturated heterocycles. The van der Waals surface area contributed by atoms with Gasteiger partial charge in [-0.05, 0) is 37.5 Å². The van der Waals surface area contributed by atoms with Crippen LogP contribution in [0.15, 0.2) is 24.3 Å². The number of rotatable bonds is 7. The lowest BCUT2D eigenvalue weighted by Crippen LogP contribution is -2.35. The second kappa shape index (κ2) is 8.48. The van der Waals surface area contributed by atoms with E-state index in [1.54, 1.807) is 7.11 Å². The highest BCUT2D eigenvalue weighted by atomic mass is 16.5. The predicted molar refractivity (Wildman–Crippen MR) is 88.2 cm³/mol. The third-order valence-electron chi connectivity index (χ3n) is 4.24. The Morgan fingerprint density at radius 2 is 1.91 bits per heavy atom. The first-order valence-corrected chi connectivity index (χ1v) is 8.03. The highest BCUT2D eigenvalue weighted by Gasteiger charge is 2.17. The standard InChI is InChI=1S/C17H28N2O3/c1-13(18-11-17(21)12-22-2)14-3-5-15(6-4-14)19-9-7-16(20)8-10-19/h3-6,13,16-18,20-21H,7-12H2,1-2H3. The van der Waals surface area contributed by atoms with Crippen molar-refractivity contribution in [1.29, 1.82) is 0 Å². The predicted octanol–water partition coefficient (Wildman–Crippen LogP) is 1.31.